The molecule has 1 aromatic heterocycles. The maximum absolute atomic E-state index is 12.6. The third-order valence-corrected chi connectivity index (χ3v) is 5.40. The van der Waals surface area contributed by atoms with Crippen molar-refractivity contribution in [1.82, 2.24) is 4.90 Å². The average molecular weight is 328 g/mol. The molecule has 120 valence electrons. The lowest BCUT2D eigenvalue weighted by Gasteiger charge is -2.24. The van der Waals surface area contributed by atoms with Gasteiger partial charge < -0.3 is 9.80 Å². The van der Waals surface area contributed by atoms with Crippen LogP contribution >= 0.6 is 11.3 Å². The Morgan fingerprint density at radius 3 is 2.57 bits per heavy atom. The van der Waals surface area contributed by atoms with Gasteiger partial charge in [0.2, 0.25) is 5.91 Å². The molecule has 2 aromatic rings. The number of hydrogen-bond acceptors (Lipinski definition) is 3. The Kier molecular flexibility index (Phi) is 4.48. The normalized spacial score (nSPS) is 15.7. The van der Waals surface area contributed by atoms with Crippen molar-refractivity contribution < 1.29 is 9.59 Å². The second-order valence-corrected chi connectivity index (χ2v) is 6.78. The van der Waals surface area contributed by atoms with Crippen molar-refractivity contribution in [3.63, 3.8) is 0 Å². The summed E-state index contributed by atoms with van der Waals surface area (Å²) in [7, 11) is 1.82. The van der Waals surface area contributed by atoms with Crippen LogP contribution < -0.4 is 4.90 Å². The van der Waals surface area contributed by atoms with Gasteiger partial charge in [-0.25, -0.2) is 0 Å². The van der Waals surface area contributed by atoms with Gasteiger partial charge in [0, 0.05) is 36.1 Å². The van der Waals surface area contributed by atoms with Crippen LogP contribution in [-0.2, 0) is 4.79 Å². The maximum atomic E-state index is 12.6. The Hall–Kier alpha value is -2.14. The fraction of sp³-hybridized carbons (Fsp3) is 0.333. The predicted molar refractivity (Wildman–Crippen MR) is 92.9 cm³/mol. The second-order valence-electron chi connectivity index (χ2n) is 5.80. The number of anilines is 1. The molecule has 0 radical (unpaired) electrons. The van der Waals surface area contributed by atoms with Gasteiger partial charge in [0.15, 0.2) is 0 Å². The molecule has 1 unspecified atom stereocenters. The van der Waals surface area contributed by atoms with E-state index in [-0.39, 0.29) is 17.9 Å². The Balaban J connectivity index is 1.73. The number of carbonyl (C=O) groups excluding carboxylic acids is 2. The summed E-state index contributed by atoms with van der Waals surface area (Å²) in [6.45, 7) is 2.79. The first-order chi connectivity index (χ1) is 11.1. The molecule has 23 heavy (non-hydrogen) atoms. The van der Waals surface area contributed by atoms with Crippen LogP contribution in [0.3, 0.4) is 0 Å². The first-order valence-corrected chi connectivity index (χ1v) is 8.67. The molecule has 0 saturated carbocycles. The molecule has 0 spiro atoms. The van der Waals surface area contributed by atoms with Crippen LogP contribution in [0.4, 0.5) is 5.69 Å². The van der Waals surface area contributed by atoms with Gasteiger partial charge in [0.25, 0.3) is 5.91 Å². The molecule has 1 aliphatic heterocycles. The number of rotatable bonds is 4. The predicted octanol–water partition coefficient (Wildman–Crippen LogP) is 3.71. The van der Waals surface area contributed by atoms with Gasteiger partial charge >= 0.3 is 0 Å². The summed E-state index contributed by atoms with van der Waals surface area (Å²) in [5.41, 5.74) is 1.52. The van der Waals surface area contributed by atoms with Gasteiger partial charge in [0.1, 0.15) is 0 Å². The Morgan fingerprint density at radius 2 is 2.00 bits per heavy atom. The molecule has 1 atom stereocenters. The lowest BCUT2D eigenvalue weighted by Crippen LogP contribution is -2.29. The summed E-state index contributed by atoms with van der Waals surface area (Å²) in [6, 6.07) is 11.4. The third kappa shape index (κ3) is 3.15. The number of thiophene rings is 1. The summed E-state index contributed by atoms with van der Waals surface area (Å²) < 4.78 is 0. The first-order valence-electron chi connectivity index (χ1n) is 7.79. The highest BCUT2D eigenvalue weighted by molar-refractivity contribution is 7.10. The Bertz CT molecular complexity index is 694. The molecule has 2 amide bonds. The topological polar surface area (TPSA) is 40.6 Å². The van der Waals surface area contributed by atoms with Crippen molar-refractivity contribution in [3.8, 4) is 0 Å². The van der Waals surface area contributed by atoms with Gasteiger partial charge in [-0.15, -0.1) is 11.3 Å². The van der Waals surface area contributed by atoms with E-state index in [1.54, 1.807) is 33.3 Å². The van der Waals surface area contributed by atoms with Crippen molar-refractivity contribution in [3.05, 3.63) is 52.2 Å². The molecule has 0 aliphatic carbocycles. The third-order valence-electron chi connectivity index (χ3n) is 4.36. The molecule has 1 aliphatic rings. The molecule has 0 bridgehead atoms. The van der Waals surface area contributed by atoms with Crippen LogP contribution in [0.2, 0.25) is 0 Å². The Morgan fingerprint density at radius 1 is 1.26 bits per heavy atom. The lowest BCUT2D eigenvalue weighted by atomic mass is 10.1. The number of benzene rings is 1. The summed E-state index contributed by atoms with van der Waals surface area (Å²) in [5.74, 6) is 0.151. The number of carbonyl (C=O) groups is 2. The van der Waals surface area contributed by atoms with Crippen molar-refractivity contribution in [2.45, 2.75) is 25.8 Å². The summed E-state index contributed by atoms with van der Waals surface area (Å²) in [4.78, 5) is 29.1. The minimum atomic E-state index is -0.00908. The van der Waals surface area contributed by atoms with Gasteiger partial charge in [0.05, 0.1) is 6.04 Å². The van der Waals surface area contributed by atoms with E-state index in [9.17, 15) is 9.59 Å². The van der Waals surface area contributed by atoms with Crippen molar-refractivity contribution in [2.24, 2.45) is 0 Å². The molecule has 5 heteroatoms. The second kappa shape index (κ2) is 6.54. The van der Waals surface area contributed by atoms with Crippen LogP contribution in [0, 0.1) is 0 Å². The van der Waals surface area contributed by atoms with Gasteiger partial charge in [-0.3, -0.25) is 9.59 Å². The van der Waals surface area contributed by atoms with Crippen molar-refractivity contribution in [1.29, 1.82) is 0 Å². The number of hydrogen-bond donors (Lipinski definition) is 0. The maximum Gasteiger partial charge on any atom is 0.254 e. The zero-order chi connectivity index (χ0) is 16.4. The van der Waals surface area contributed by atoms with E-state index in [0.717, 1.165) is 18.7 Å². The minimum absolute atomic E-state index is 0.00908. The SMILES string of the molecule is CC(c1cccs1)N(C)C(=O)c1ccc(N2CCCC2=O)cc1. The molecular weight excluding hydrogens is 308 g/mol. The standard InChI is InChI=1S/C18H20N2O2S/c1-13(16-5-4-12-23-16)19(2)18(22)14-7-9-15(10-8-14)20-11-3-6-17(20)21/h4-5,7-10,12-13H,3,6,11H2,1-2H3. The van der Waals surface area contributed by atoms with Crippen molar-refractivity contribution in [2.75, 3.05) is 18.5 Å². The molecule has 4 nitrogen and oxygen atoms in total. The molecule has 1 fully saturated rings. The van der Waals surface area contributed by atoms with Crippen LogP contribution in [-0.4, -0.2) is 30.3 Å². The van der Waals surface area contributed by atoms with E-state index in [1.165, 1.54) is 4.88 Å². The van der Waals surface area contributed by atoms with Gasteiger partial charge in [-0.2, -0.15) is 0 Å². The summed E-state index contributed by atoms with van der Waals surface area (Å²) >= 11 is 1.65. The zero-order valence-corrected chi connectivity index (χ0v) is 14.2. The van der Waals surface area contributed by atoms with Gasteiger partial charge in [-0.1, -0.05) is 6.07 Å². The highest BCUT2D eigenvalue weighted by Crippen LogP contribution is 2.26. The molecule has 2 heterocycles. The van der Waals surface area contributed by atoms with Crippen LogP contribution in [0.25, 0.3) is 0 Å². The highest BCUT2D eigenvalue weighted by atomic mass is 32.1. The van der Waals surface area contributed by atoms with E-state index >= 15 is 0 Å². The molecule has 0 N–H and O–H groups in total. The van der Waals surface area contributed by atoms with E-state index in [4.69, 9.17) is 0 Å². The Labute approximate surface area is 140 Å². The highest BCUT2D eigenvalue weighted by Gasteiger charge is 2.23. The van der Waals surface area contributed by atoms with E-state index in [2.05, 4.69) is 0 Å². The molecule has 1 aromatic carbocycles. The summed E-state index contributed by atoms with van der Waals surface area (Å²) in [5, 5.41) is 2.02. The number of nitrogens with zero attached hydrogens (tertiary/aromatic N) is 2. The molecule has 1 saturated heterocycles. The lowest BCUT2D eigenvalue weighted by molar-refractivity contribution is -0.117. The van der Waals surface area contributed by atoms with Crippen molar-refractivity contribution >= 4 is 28.8 Å². The zero-order valence-electron chi connectivity index (χ0n) is 13.4. The monoisotopic (exact) mass is 328 g/mol. The van der Waals surface area contributed by atoms with E-state index < -0.39 is 0 Å². The number of amides is 2. The average Bonchev–Trinajstić information content (AvgIpc) is 3.24. The fourth-order valence-electron chi connectivity index (χ4n) is 2.80. The first kappa shape index (κ1) is 15.7. The van der Waals surface area contributed by atoms with Gasteiger partial charge in [-0.05, 0) is 49.1 Å². The molecule has 3 rings (SSSR count). The smallest absolute Gasteiger partial charge is 0.254 e. The molecular formula is C18H20N2O2S. The summed E-state index contributed by atoms with van der Waals surface area (Å²) in [6.07, 6.45) is 1.52. The van der Waals surface area contributed by atoms with Crippen LogP contribution in [0.1, 0.15) is 41.0 Å². The van der Waals surface area contributed by atoms with E-state index in [0.29, 0.717) is 12.0 Å². The van der Waals surface area contributed by atoms with Crippen LogP contribution in [0.15, 0.2) is 41.8 Å². The van der Waals surface area contributed by atoms with Crippen LogP contribution in [0.5, 0.6) is 0 Å². The largest absolute Gasteiger partial charge is 0.334 e. The quantitative estimate of drug-likeness (QED) is 0.858. The minimum Gasteiger partial charge on any atom is -0.334 e. The fourth-order valence-corrected chi connectivity index (χ4v) is 3.63. The van der Waals surface area contributed by atoms with E-state index in [1.807, 2.05) is 43.6 Å².